The number of rotatable bonds is 12. The van der Waals surface area contributed by atoms with Gasteiger partial charge in [-0.1, -0.05) is 24.3 Å². The lowest BCUT2D eigenvalue weighted by atomic mass is 10.1. The number of carbonyl (C=O) groups is 1. The molecule has 0 N–H and O–H groups in total. The predicted octanol–water partition coefficient (Wildman–Crippen LogP) is 2.46. The van der Waals surface area contributed by atoms with Crippen molar-refractivity contribution in [1.29, 1.82) is 0 Å². The summed E-state index contributed by atoms with van der Waals surface area (Å²) in [4.78, 5) is 17.4. The Morgan fingerprint density at radius 1 is 1.03 bits per heavy atom. The summed E-state index contributed by atoms with van der Waals surface area (Å²) in [5, 5.41) is 0. The zero-order chi connectivity index (χ0) is 23.5. The first-order valence-corrected chi connectivity index (χ1v) is 11.1. The van der Waals surface area contributed by atoms with E-state index in [-0.39, 0.29) is 5.91 Å². The minimum Gasteiger partial charge on any atom is -0.493 e. The second-order valence-electron chi connectivity index (χ2n) is 7.77. The maximum absolute atomic E-state index is 13.4. The third kappa shape index (κ3) is 7.35. The third-order valence-corrected chi connectivity index (χ3v) is 5.51. The van der Waals surface area contributed by atoms with E-state index in [0.29, 0.717) is 69.8 Å². The van der Waals surface area contributed by atoms with Gasteiger partial charge in [-0.05, 0) is 29.8 Å². The largest absolute Gasteiger partial charge is 0.493 e. The molecular formula is C25H34N2O6. The maximum Gasteiger partial charge on any atom is 0.265 e. The molecule has 1 aliphatic rings. The SMILES string of the molecule is COCCN(Cc1ccc(OC)c(OC)c1)CC(Oc1ccccc1)C(=O)N1CCOCC1. The van der Waals surface area contributed by atoms with Crippen LogP contribution in [0.5, 0.6) is 17.2 Å². The molecule has 0 bridgehead atoms. The van der Waals surface area contributed by atoms with Crippen LogP contribution in [0.25, 0.3) is 0 Å². The standard InChI is InChI=1S/C25H34N2O6/c1-29-14-11-26(18-20-9-10-22(30-2)23(17-20)31-3)19-24(33-21-7-5-4-6-8-21)25(28)27-12-15-32-16-13-27/h4-10,17,24H,11-16,18-19H2,1-3H3. The van der Waals surface area contributed by atoms with Crippen LogP contribution in [-0.2, 0) is 20.8 Å². The first-order valence-electron chi connectivity index (χ1n) is 11.1. The fourth-order valence-corrected chi connectivity index (χ4v) is 3.74. The van der Waals surface area contributed by atoms with Crippen LogP contribution in [0.3, 0.4) is 0 Å². The second-order valence-corrected chi connectivity index (χ2v) is 7.77. The molecule has 1 aliphatic heterocycles. The van der Waals surface area contributed by atoms with Crippen molar-refractivity contribution in [2.45, 2.75) is 12.6 Å². The van der Waals surface area contributed by atoms with Crippen LogP contribution in [-0.4, -0.2) is 89.1 Å². The molecule has 1 fully saturated rings. The molecule has 0 radical (unpaired) electrons. The van der Waals surface area contributed by atoms with E-state index in [1.54, 1.807) is 21.3 Å². The van der Waals surface area contributed by atoms with E-state index < -0.39 is 6.10 Å². The molecule has 8 nitrogen and oxygen atoms in total. The van der Waals surface area contributed by atoms with Crippen molar-refractivity contribution in [2.75, 3.05) is 67.3 Å². The Kier molecular flexibility index (Phi) is 9.80. The molecule has 3 rings (SSSR count). The van der Waals surface area contributed by atoms with Crippen molar-refractivity contribution < 1.29 is 28.5 Å². The van der Waals surface area contributed by atoms with Gasteiger partial charge in [0.1, 0.15) is 5.75 Å². The highest BCUT2D eigenvalue weighted by atomic mass is 16.5. The summed E-state index contributed by atoms with van der Waals surface area (Å²) in [5.41, 5.74) is 1.04. The highest BCUT2D eigenvalue weighted by Gasteiger charge is 2.29. The quantitative estimate of drug-likeness (QED) is 0.484. The number of amides is 1. The lowest BCUT2D eigenvalue weighted by Gasteiger charge is -2.33. The van der Waals surface area contributed by atoms with Gasteiger partial charge < -0.3 is 28.6 Å². The fraction of sp³-hybridized carbons (Fsp3) is 0.480. The van der Waals surface area contributed by atoms with Gasteiger partial charge in [-0.2, -0.15) is 0 Å². The Hall–Kier alpha value is -2.81. The molecule has 1 saturated heterocycles. The molecule has 33 heavy (non-hydrogen) atoms. The average Bonchev–Trinajstić information content (AvgIpc) is 2.87. The summed E-state index contributed by atoms with van der Waals surface area (Å²) < 4.78 is 27.8. The Balaban J connectivity index is 1.79. The molecule has 1 unspecified atom stereocenters. The number of benzene rings is 2. The molecular weight excluding hydrogens is 424 g/mol. The maximum atomic E-state index is 13.4. The highest BCUT2D eigenvalue weighted by Crippen LogP contribution is 2.28. The average molecular weight is 459 g/mol. The zero-order valence-electron chi connectivity index (χ0n) is 19.7. The van der Waals surface area contributed by atoms with E-state index in [0.717, 1.165) is 5.56 Å². The van der Waals surface area contributed by atoms with Gasteiger partial charge in [0.25, 0.3) is 5.91 Å². The van der Waals surface area contributed by atoms with Gasteiger partial charge in [0.15, 0.2) is 17.6 Å². The van der Waals surface area contributed by atoms with Gasteiger partial charge >= 0.3 is 0 Å². The second kappa shape index (κ2) is 13.0. The lowest BCUT2D eigenvalue weighted by molar-refractivity contribution is -0.143. The van der Waals surface area contributed by atoms with Gasteiger partial charge in [0.2, 0.25) is 0 Å². The molecule has 0 aliphatic carbocycles. The normalized spacial score (nSPS) is 14.7. The number of ether oxygens (including phenoxy) is 5. The third-order valence-electron chi connectivity index (χ3n) is 5.51. The number of methoxy groups -OCH3 is 3. The summed E-state index contributed by atoms with van der Waals surface area (Å²) in [5.74, 6) is 1.99. The van der Waals surface area contributed by atoms with E-state index in [2.05, 4.69) is 4.90 Å². The van der Waals surface area contributed by atoms with Gasteiger partial charge in [-0.25, -0.2) is 0 Å². The van der Waals surface area contributed by atoms with Gasteiger partial charge in [-0.15, -0.1) is 0 Å². The number of hydrogen-bond acceptors (Lipinski definition) is 7. The van der Waals surface area contributed by atoms with Crippen LogP contribution in [0.15, 0.2) is 48.5 Å². The number of morpholine rings is 1. The topological polar surface area (TPSA) is 69.7 Å². The molecule has 2 aromatic rings. The van der Waals surface area contributed by atoms with Crippen LogP contribution >= 0.6 is 0 Å². The summed E-state index contributed by atoms with van der Waals surface area (Å²) in [6, 6.07) is 15.3. The minimum atomic E-state index is -0.650. The molecule has 1 atom stereocenters. The predicted molar refractivity (Wildman–Crippen MR) is 125 cm³/mol. The molecule has 1 amide bonds. The Morgan fingerprint density at radius 3 is 2.42 bits per heavy atom. The fourth-order valence-electron chi connectivity index (χ4n) is 3.74. The molecule has 8 heteroatoms. The van der Waals surface area contributed by atoms with Crippen molar-refractivity contribution in [2.24, 2.45) is 0 Å². The van der Waals surface area contributed by atoms with E-state index in [1.165, 1.54) is 0 Å². The van der Waals surface area contributed by atoms with Gasteiger partial charge in [0, 0.05) is 39.8 Å². The highest BCUT2D eigenvalue weighted by molar-refractivity contribution is 5.81. The molecule has 0 saturated carbocycles. The summed E-state index contributed by atoms with van der Waals surface area (Å²) in [6.07, 6.45) is -0.650. The Bertz CT molecular complexity index is 857. The monoisotopic (exact) mass is 458 g/mol. The number of para-hydroxylation sites is 1. The molecule has 2 aromatic carbocycles. The molecule has 0 spiro atoms. The van der Waals surface area contributed by atoms with E-state index in [1.807, 2.05) is 53.4 Å². The van der Waals surface area contributed by atoms with E-state index in [4.69, 9.17) is 23.7 Å². The first kappa shape index (κ1) is 24.8. The smallest absolute Gasteiger partial charge is 0.265 e. The van der Waals surface area contributed by atoms with Crippen molar-refractivity contribution in [1.82, 2.24) is 9.80 Å². The number of hydrogen-bond donors (Lipinski definition) is 0. The van der Waals surface area contributed by atoms with Crippen molar-refractivity contribution in [3.05, 3.63) is 54.1 Å². The zero-order valence-corrected chi connectivity index (χ0v) is 19.7. The van der Waals surface area contributed by atoms with Crippen LogP contribution in [0.4, 0.5) is 0 Å². The number of nitrogens with zero attached hydrogens (tertiary/aromatic N) is 2. The summed E-state index contributed by atoms with van der Waals surface area (Å²) in [6.45, 7) is 4.44. The molecule has 0 aromatic heterocycles. The van der Waals surface area contributed by atoms with Gasteiger partial charge in [-0.3, -0.25) is 9.69 Å². The van der Waals surface area contributed by atoms with E-state index >= 15 is 0 Å². The van der Waals surface area contributed by atoms with E-state index in [9.17, 15) is 4.79 Å². The molecule has 1 heterocycles. The van der Waals surface area contributed by atoms with Crippen molar-refractivity contribution in [3.8, 4) is 17.2 Å². The minimum absolute atomic E-state index is 0.0307. The van der Waals surface area contributed by atoms with Crippen LogP contribution < -0.4 is 14.2 Å². The molecule has 180 valence electrons. The van der Waals surface area contributed by atoms with Crippen LogP contribution in [0.2, 0.25) is 0 Å². The van der Waals surface area contributed by atoms with Crippen LogP contribution in [0.1, 0.15) is 5.56 Å². The number of carbonyl (C=O) groups excluding carboxylic acids is 1. The Morgan fingerprint density at radius 2 is 1.76 bits per heavy atom. The van der Waals surface area contributed by atoms with Crippen molar-refractivity contribution >= 4 is 5.91 Å². The van der Waals surface area contributed by atoms with Gasteiger partial charge in [0.05, 0.1) is 34.0 Å². The summed E-state index contributed by atoms with van der Waals surface area (Å²) >= 11 is 0. The van der Waals surface area contributed by atoms with Crippen LogP contribution in [0, 0.1) is 0 Å². The Labute approximate surface area is 195 Å². The summed E-state index contributed by atoms with van der Waals surface area (Å²) in [7, 11) is 4.91. The first-order chi connectivity index (χ1) is 16.1. The lowest BCUT2D eigenvalue weighted by Crippen LogP contribution is -2.51. The van der Waals surface area contributed by atoms with Crippen molar-refractivity contribution in [3.63, 3.8) is 0 Å².